The van der Waals surface area contributed by atoms with Crippen molar-refractivity contribution in [1.29, 1.82) is 0 Å². The summed E-state index contributed by atoms with van der Waals surface area (Å²) in [4.78, 5) is 10.4. The second kappa shape index (κ2) is 3.36. The maximum absolute atomic E-state index is 10.4. The summed E-state index contributed by atoms with van der Waals surface area (Å²) in [7, 11) is -2.30. The largest absolute Gasteiger partial charge is 0.369 e. The van der Waals surface area contributed by atoms with Crippen molar-refractivity contribution in [2.24, 2.45) is 11.7 Å². The van der Waals surface area contributed by atoms with E-state index in [9.17, 15) is 13.2 Å². The Hall–Kier alpha value is -0.840. The normalized spacial score (nSPS) is 12.2. The van der Waals surface area contributed by atoms with Crippen LogP contribution in [0.3, 0.4) is 0 Å². The van der Waals surface area contributed by atoms with Crippen LogP contribution < -0.4 is 5.73 Å². The third kappa shape index (κ3) is 2.18. The molecule has 0 saturated carbocycles. The third-order valence-corrected chi connectivity index (χ3v) is 2.18. The van der Waals surface area contributed by atoms with E-state index in [1.54, 1.807) is 0 Å². The van der Waals surface area contributed by atoms with Gasteiger partial charge in [-0.15, -0.1) is 0 Å². The number of amides is 1. The molecule has 0 aromatic carbocycles. The van der Waals surface area contributed by atoms with E-state index in [-0.39, 0.29) is 4.86 Å². The predicted octanol–water partition coefficient (Wildman–Crippen LogP) is -0.821. The highest BCUT2D eigenvalue weighted by Gasteiger charge is 2.12. The lowest BCUT2D eigenvalue weighted by atomic mass is 10.1. The van der Waals surface area contributed by atoms with Gasteiger partial charge in [0.2, 0.25) is 16.2 Å². The van der Waals surface area contributed by atoms with Crippen LogP contribution in [0.2, 0.25) is 0 Å². The van der Waals surface area contributed by atoms with Crippen molar-refractivity contribution in [2.75, 3.05) is 0 Å². The molecule has 0 aliphatic carbocycles. The van der Waals surface area contributed by atoms with E-state index in [4.69, 9.17) is 5.73 Å². The molecule has 0 fully saturated rings. The standard InChI is InChI=1S/C5H9NO3S/c1-3(5(6)7)4(2)10(8)9/h3H,1-2H3,(H2,6,7). The number of carbonyl (C=O) groups excluding carboxylic acids is 1. The predicted molar refractivity (Wildman–Crippen MR) is 38.0 cm³/mol. The Morgan fingerprint density at radius 2 is 1.90 bits per heavy atom. The molecule has 0 rings (SSSR count). The number of hydrogen-bond acceptors (Lipinski definition) is 3. The zero-order valence-electron chi connectivity index (χ0n) is 5.79. The first-order valence-electron chi connectivity index (χ1n) is 2.68. The molecular weight excluding hydrogens is 154 g/mol. The summed E-state index contributed by atoms with van der Waals surface area (Å²) in [5.74, 6) is -1.32. The zero-order valence-corrected chi connectivity index (χ0v) is 6.60. The molecule has 0 spiro atoms. The van der Waals surface area contributed by atoms with Crippen LogP contribution in [0.1, 0.15) is 13.8 Å². The highest BCUT2D eigenvalue weighted by molar-refractivity contribution is 7.73. The molecule has 0 aliphatic heterocycles. The van der Waals surface area contributed by atoms with Crippen molar-refractivity contribution < 1.29 is 13.2 Å². The Kier molecular flexibility index (Phi) is 3.08. The lowest BCUT2D eigenvalue weighted by Crippen LogP contribution is -2.26. The molecule has 5 heteroatoms. The molecule has 58 valence electrons. The van der Waals surface area contributed by atoms with Gasteiger partial charge in [-0.1, -0.05) is 0 Å². The topological polar surface area (TPSA) is 77.2 Å². The molecule has 4 nitrogen and oxygen atoms in total. The van der Waals surface area contributed by atoms with Crippen molar-refractivity contribution in [2.45, 2.75) is 13.8 Å². The zero-order chi connectivity index (χ0) is 8.31. The fourth-order valence-electron chi connectivity index (χ4n) is 0.345. The van der Waals surface area contributed by atoms with Gasteiger partial charge in [0.25, 0.3) is 0 Å². The van der Waals surface area contributed by atoms with E-state index >= 15 is 0 Å². The van der Waals surface area contributed by atoms with Gasteiger partial charge in [0.1, 0.15) is 0 Å². The molecule has 0 bridgehead atoms. The average molecular weight is 163 g/mol. The van der Waals surface area contributed by atoms with Crippen LogP contribution in [0.5, 0.6) is 0 Å². The first kappa shape index (κ1) is 9.16. The second-order valence-electron chi connectivity index (χ2n) is 1.97. The highest BCUT2D eigenvalue weighted by Crippen LogP contribution is 1.94. The third-order valence-electron chi connectivity index (χ3n) is 1.30. The van der Waals surface area contributed by atoms with Crippen LogP contribution in [0.15, 0.2) is 0 Å². The first-order chi connectivity index (χ1) is 4.46. The van der Waals surface area contributed by atoms with Gasteiger partial charge >= 0.3 is 0 Å². The molecule has 0 aromatic heterocycles. The first-order valence-corrected chi connectivity index (χ1v) is 3.76. The summed E-state index contributed by atoms with van der Waals surface area (Å²) in [6.07, 6.45) is 0. The van der Waals surface area contributed by atoms with E-state index in [2.05, 4.69) is 0 Å². The fourth-order valence-corrected chi connectivity index (χ4v) is 0.750. The number of rotatable bonds is 2. The van der Waals surface area contributed by atoms with Crippen LogP contribution in [0, 0.1) is 5.92 Å². The van der Waals surface area contributed by atoms with E-state index in [1.807, 2.05) is 0 Å². The van der Waals surface area contributed by atoms with E-state index < -0.39 is 22.1 Å². The summed E-state index contributed by atoms with van der Waals surface area (Å²) < 4.78 is 20.4. The Bertz CT molecular complexity index is 257. The number of primary amides is 1. The van der Waals surface area contributed by atoms with Crippen LogP contribution in [-0.2, 0) is 15.1 Å². The number of carbonyl (C=O) groups is 1. The molecule has 0 saturated heterocycles. The van der Waals surface area contributed by atoms with Crippen LogP contribution in [0.25, 0.3) is 0 Å². The van der Waals surface area contributed by atoms with Crippen LogP contribution in [0.4, 0.5) is 0 Å². The lowest BCUT2D eigenvalue weighted by molar-refractivity contribution is -0.119. The Labute approximate surface area is 60.6 Å². The second-order valence-corrected chi connectivity index (χ2v) is 3.08. The van der Waals surface area contributed by atoms with Crippen molar-refractivity contribution >= 4 is 21.1 Å². The Morgan fingerprint density at radius 3 is 2.00 bits per heavy atom. The maximum atomic E-state index is 10.4. The van der Waals surface area contributed by atoms with Gasteiger partial charge in [0.05, 0.1) is 10.8 Å². The van der Waals surface area contributed by atoms with Crippen molar-refractivity contribution in [3.05, 3.63) is 0 Å². The average Bonchev–Trinajstić information content (AvgIpc) is 1.84. The molecule has 1 atom stereocenters. The fraction of sp³-hybridized carbons (Fsp3) is 0.600. The number of hydrogen-bond donors (Lipinski definition) is 1. The molecule has 1 unspecified atom stereocenters. The van der Waals surface area contributed by atoms with Gasteiger partial charge in [0.15, 0.2) is 0 Å². The minimum atomic E-state index is -2.30. The van der Waals surface area contributed by atoms with Crippen molar-refractivity contribution in [1.82, 2.24) is 0 Å². The quantitative estimate of drug-likeness (QED) is 0.540. The van der Waals surface area contributed by atoms with Gasteiger partial charge in [-0.05, 0) is 13.8 Å². The van der Waals surface area contributed by atoms with Gasteiger partial charge in [0, 0.05) is 0 Å². The molecule has 0 radical (unpaired) electrons. The van der Waals surface area contributed by atoms with Crippen LogP contribution in [-0.4, -0.2) is 19.2 Å². The lowest BCUT2D eigenvalue weighted by Gasteiger charge is -2.00. The van der Waals surface area contributed by atoms with Gasteiger partial charge in [-0.3, -0.25) is 4.79 Å². The molecule has 2 N–H and O–H groups in total. The molecular formula is C5H9NO3S. The van der Waals surface area contributed by atoms with E-state index in [0.29, 0.717) is 0 Å². The van der Waals surface area contributed by atoms with Crippen molar-refractivity contribution in [3.8, 4) is 0 Å². The summed E-state index contributed by atoms with van der Waals surface area (Å²) in [5.41, 5.74) is 4.84. The molecule has 1 amide bonds. The van der Waals surface area contributed by atoms with Gasteiger partial charge < -0.3 is 5.73 Å². The monoisotopic (exact) mass is 163 g/mol. The Morgan fingerprint density at radius 1 is 1.50 bits per heavy atom. The smallest absolute Gasteiger partial charge is 0.225 e. The molecule has 0 heterocycles. The van der Waals surface area contributed by atoms with Crippen LogP contribution >= 0.6 is 0 Å². The minimum Gasteiger partial charge on any atom is -0.369 e. The number of nitrogens with two attached hydrogens (primary N) is 1. The summed E-state index contributed by atoms with van der Waals surface area (Å²) in [5, 5.41) is 0. The SMILES string of the molecule is CC(C(C)C(N)=O)=S(=O)=O. The van der Waals surface area contributed by atoms with Gasteiger partial charge in [-0.2, -0.15) is 8.42 Å². The minimum absolute atomic E-state index is 0.0764. The maximum Gasteiger partial charge on any atom is 0.225 e. The summed E-state index contributed by atoms with van der Waals surface area (Å²) in [6.45, 7) is 2.81. The van der Waals surface area contributed by atoms with Crippen molar-refractivity contribution in [3.63, 3.8) is 0 Å². The summed E-state index contributed by atoms with van der Waals surface area (Å²) in [6, 6.07) is 0. The molecule has 0 aromatic rings. The van der Waals surface area contributed by atoms with E-state index in [1.165, 1.54) is 13.8 Å². The summed E-state index contributed by atoms with van der Waals surface area (Å²) >= 11 is 0. The van der Waals surface area contributed by atoms with E-state index in [0.717, 1.165) is 0 Å². The Balaban J connectivity index is 4.71. The van der Waals surface area contributed by atoms with Gasteiger partial charge in [-0.25, -0.2) is 0 Å². The highest BCUT2D eigenvalue weighted by atomic mass is 32.2. The molecule has 0 aliphatic rings. The molecule has 10 heavy (non-hydrogen) atoms.